The molecule has 0 bridgehead atoms. The van der Waals surface area contributed by atoms with Gasteiger partial charge in [0.25, 0.3) is 0 Å². The molecule has 0 unspecified atom stereocenters. The Hall–Kier alpha value is -4.50. The normalized spacial score (nSPS) is 10.8. The first-order chi connectivity index (χ1) is 21.0. The Morgan fingerprint density at radius 3 is 2.18 bits per heavy atom. The number of rotatable bonds is 5. The van der Waals surface area contributed by atoms with Crippen LogP contribution in [0.1, 0.15) is 25.0 Å². The molecule has 0 aliphatic rings. The van der Waals surface area contributed by atoms with Crippen molar-refractivity contribution in [3.63, 3.8) is 0 Å². The summed E-state index contributed by atoms with van der Waals surface area (Å²) in [4.78, 5) is 9.07. The molecule has 3 nitrogen and oxygen atoms in total. The van der Waals surface area contributed by atoms with Crippen LogP contribution in [-0.4, -0.2) is 14.5 Å². The average Bonchev–Trinajstić information content (AvgIpc) is 3.34. The molecule has 0 fully saturated rings. The fourth-order valence-corrected chi connectivity index (χ4v) is 5.61. The average molecular weight is 750 g/mol. The van der Waals surface area contributed by atoms with Crippen molar-refractivity contribution in [1.82, 2.24) is 14.5 Å². The van der Waals surface area contributed by atoms with Crippen molar-refractivity contribution in [2.75, 3.05) is 0 Å². The van der Waals surface area contributed by atoms with Gasteiger partial charge in [-0.1, -0.05) is 86.0 Å². The minimum atomic E-state index is 0. The van der Waals surface area contributed by atoms with E-state index in [9.17, 15) is 0 Å². The van der Waals surface area contributed by atoms with Gasteiger partial charge in [-0.05, 0) is 58.8 Å². The second kappa shape index (κ2) is 13.9. The van der Waals surface area contributed by atoms with E-state index in [0.29, 0.717) is 5.92 Å². The molecule has 0 atom stereocenters. The van der Waals surface area contributed by atoms with Crippen molar-refractivity contribution in [1.29, 1.82) is 0 Å². The monoisotopic (exact) mass is 750 g/mol. The van der Waals surface area contributed by atoms with E-state index >= 15 is 0 Å². The van der Waals surface area contributed by atoms with E-state index in [4.69, 9.17) is 0 Å². The second-order valence-corrected chi connectivity index (χ2v) is 11.3. The number of fused-ring (bicyclic) bond motifs is 3. The van der Waals surface area contributed by atoms with Crippen molar-refractivity contribution in [2.45, 2.75) is 27.3 Å². The number of pyridine rings is 2. The van der Waals surface area contributed by atoms with Gasteiger partial charge in [0.1, 0.15) is 0 Å². The Morgan fingerprint density at radius 2 is 1.45 bits per heavy atom. The van der Waals surface area contributed by atoms with Gasteiger partial charge < -0.3 is 9.55 Å². The Bertz CT molecular complexity index is 1990. The summed E-state index contributed by atoms with van der Waals surface area (Å²) in [5, 5.41) is 2.56. The van der Waals surface area contributed by atoms with Gasteiger partial charge in [0.05, 0.1) is 0 Å². The zero-order chi connectivity index (χ0) is 29.8. The van der Waals surface area contributed by atoms with Crippen molar-refractivity contribution < 1.29 is 20.1 Å². The van der Waals surface area contributed by atoms with Gasteiger partial charge in [-0.2, -0.15) is 18.6 Å². The molecule has 221 valence electrons. The maximum atomic E-state index is 4.61. The van der Waals surface area contributed by atoms with Crippen LogP contribution in [0.4, 0.5) is 0 Å². The summed E-state index contributed by atoms with van der Waals surface area (Å²) in [5.41, 5.74) is 11.3. The summed E-state index contributed by atoms with van der Waals surface area (Å²) in [6.07, 6.45) is 3.78. The second-order valence-electron chi connectivity index (χ2n) is 11.3. The maximum Gasteiger partial charge on any atom is 0.0383 e. The smallest absolute Gasteiger partial charge is 0.0383 e. The first kappa shape index (κ1) is 30.9. The van der Waals surface area contributed by atoms with E-state index < -0.39 is 0 Å². The van der Waals surface area contributed by atoms with Gasteiger partial charge in [-0.15, -0.1) is 41.5 Å². The van der Waals surface area contributed by atoms with E-state index in [1.165, 1.54) is 38.5 Å². The Balaban J connectivity index is 0.000000172. The fourth-order valence-electron chi connectivity index (χ4n) is 5.61. The summed E-state index contributed by atoms with van der Waals surface area (Å²) < 4.78 is 2.43. The van der Waals surface area contributed by atoms with E-state index in [1.54, 1.807) is 0 Å². The molecule has 0 N–H and O–H groups in total. The van der Waals surface area contributed by atoms with Crippen LogP contribution in [0.25, 0.3) is 55.4 Å². The molecule has 0 amide bonds. The van der Waals surface area contributed by atoms with E-state index in [1.807, 2.05) is 67.0 Å². The van der Waals surface area contributed by atoms with Crippen LogP contribution in [0.5, 0.6) is 0 Å². The van der Waals surface area contributed by atoms with Crippen LogP contribution >= 0.6 is 0 Å². The zero-order valence-electron chi connectivity index (χ0n) is 25.3. The van der Waals surface area contributed by atoms with Crippen LogP contribution in [0.2, 0.25) is 0 Å². The maximum absolute atomic E-state index is 4.61. The Kier molecular flexibility index (Phi) is 9.75. The van der Waals surface area contributed by atoms with Crippen LogP contribution in [0.3, 0.4) is 0 Å². The number of aromatic nitrogens is 3. The molecule has 1 radical (unpaired) electrons. The van der Waals surface area contributed by atoms with Gasteiger partial charge in [0.2, 0.25) is 0 Å². The van der Waals surface area contributed by atoms with Crippen molar-refractivity contribution in [2.24, 2.45) is 5.92 Å². The molecule has 3 aromatic heterocycles. The largest absolute Gasteiger partial charge is 0.358 e. The number of benzene rings is 4. The Labute approximate surface area is 274 Å². The molecule has 0 aliphatic heterocycles. The van der Waals surface area contributed by atoms with Gasteiger partial charge in [0.15, 0.2) is 0 Å². The molecular formula is C40H35IrN3-2. The predicted octanol–water partition coefficient (Wildman–Crippen LogP) is 10.2. The summed E-state index contributed by atoms with van der Waals surface area (Å²) in [6.45, 7) is 11.7. The first-order valence-electron chi connectivity index (χ1n) is 14.8. The number of hydrogen-bond donors (Lipinski definition) is 0. The summed E-state index contributed by atoms with van der Waals surface area (Å²) in [6, 6.07) is 42.9. The van der Waals surface area contributed by atoms with Crippen LogP contribution in [0.15, 0.2) is 128 Å². The SMILES string of the molecule is CC(C)Cn1c2ccccc2c2c[c-]c(-c3ccccn3)cc21.[CH2-]c1ccccc1-c1cc(C)c(-c2ccccc2)cn1.[Ir]. The third-order valence-electron chi connectivity index (χ3n) is 7.68. The van der Waals surface area contributed by atoms with E-state index in [-0.39, 0.29) is 20.1 Å². The molecule has 0 saturated carbocycles. The number of aryl methyl sites for hydroxylation is 1. The zero-order valence-corrected chi connectivity index (χ0v) is 27.7. The van der Waals surface area contributed by atoms with Crippen molar-refractivity contribution >= 4 is 21.8 Å². The third-order valence-corrected chi connectivity index (χ3v) is 7.68. The van der Waals surface area contributed by atoms with Gasteiger partial charge in [-0.3, -0.25) is 4.98 Å². The van der Waals surface area contributed by atoms with E-state index in [2.05, 4.69) is 109 Å². The molecule has 3 heterocycles. The van der Waals surface area contributed by atoms with Crippen molar-refractivity contribution in [3.8, 4) is 33.6 Å². The van der Waals surface area contributed by atoms with E-state index in [0.717, 1.165) is 34.6 Å². The molecule has 0 aliphatic carbocycles. The summed E-state index contributed by atoms with van der Waals surface area (Å²) >= 11 is 0. The summed E-state index contributed by atoms with van der Waals surface area (Å²) in [5.74, 6) is 0.594. The van der Waals surface area contributed by atoms with Crippen LogP contribution < -0.4 is 0 Å². The minimum Gasteiger partial charge on any atom is -0.358 e. The topological polar surface area (TPSA) is 30.7 Å². The summed E-state index contributed by atoms with van der Waals surface area (Å²) in [7, 11) is 0. The molecule has 7 aromatic rings. The fraction of sp³-hybridized carbons (Fsp3) is 0.125. The Morgan fingerprint density at radius 1 is 0.727 bits per heavy atom. The van der Waals surface area contributed by atoms with Gasteiger partial charge in [-0.25, -0.2) is 0 Å². The molecular weight excluding hydrogens is 715 g/mol. The standard InChI is InChI=1S/C21H19N2.C19H16N.Ir/c1-15(2)14-23-20-9-4-3-7-17(20)18-11-10-16(13-21(18)23)19-8-5-6-12-22-19;1-14-8-6-7-11-17(14)19-12-15(2)18(13-20-19)16-9-4-3-5-10-16;/h3-9,11-13,15H,14H2,1-2H3;3-13H,1H2,2H3;/q2*-1;. The first-order valence-corrected chi connectivity index (χ1v) is 14.8. The molecule has 4 aromatic carbocycles. The van der Waals surface area contributed by atoms with Crippen LogP contribution in [-0.2, 0) is 26.7 Å². The molecule has 0 saturated heterocycles. The third kappa shape index (κ3) is 6.53. The number of para-hydroxylation sites is 1. The number of hydrogen-bond acceptors (Lipinski definition) is 2. The molecule has 7 rings (SSSR count). The van der Waals surface area contributed by atoms with Crippen LogP contribution in [0, 0.1) is 25.8 Å². The predicted molar refractivity (Wildman–Crippen MR) is 181 cm³/mol. The molecule has 0 spiro atoms. The van der Waals surface area contributed by atoms with Gasteiger partial charge in [0, 0.05) is 55.8 Å². The quantitative estimate of drug-likeness (QED) is 0.164. The van der Waals surface area contributed by atoms with Crippen molar-refractivity contribution in [3.05, 3.63) is 152 Å². The molecule has 4 heteroatoms. The molecule has 44 heavy (non-hydrogen) atoms. The van der Waals surface area contributed by atoms with Gasteiger partial charge >= 0.3 is 0 Å². The minimum absolute atomic E-state index is 0. The number of nitrogens with zero attached hydrogens (tertiary/aromatic N) is 3.